The molecule has 4 aromatic rings. The number of benzene rings is 3. The second kappa shape index (κ2) is 11.5. The number of carbonyl (C=O) groups is 2. The van der Waals surface area contributed by atoms with Crippen LogP contribution < -0.4 is 20.9 Å². The Kier molecular flexibility index (Phi) is 7.65. The van der Waals surface area contributed by atoms with Gasteiger partial charge in [-0.1, -0.05) is 36.4 Å². The Balaban J connectivity index is 1.55. The summed E-state index contributed by atoms with van der Waals surface area (Å²) in [5.74, 6) is -1.82. The van der Waals surface area contributed by atoms with E-state index < -0.39 is 23.4 Å². The van der Waals surface area contributed by atoms with Crippen molar-refractivity contribution in [3.8, 4) is 11.3 Å². The molecule has 9 nitrogen and oxygen atoms in total. The van der Waals surface area contributed by atoms with Crippen LogP contribution in [0.4, 0.5) is 36.7 Å². The lowest BCUT2D eigenvalue weighted by Crippen LogP contribution is -2.43. The van der Waals surface area contributed by atoms with Crippen LogP contribution in [-0.2, 0) is 6.54 Å². The van der Waals surface area contributed by atoms with Crippen LogP contribution in [0.15, 0.2) is 72.8 Å². The van der Waals surface area contributed by atoms with Gasteiger partial charge in [0, 0.05) is 35.5 Å². The van der Waals surface area contributed by atoms with E-state index in [0.717, 1.165) is 17.0 Å². The maximum absolute atomic E-state index is 14.8. The molecule has 204 valence electrons. The first-order valence-corrected chi connectivity index (χ1v) is 12.6. The summed E-state index contributed by atoms with van der Waals surface area (Å²) < 4.78 is 29.7. The molecule has 0 fully saturated rings. The summed E-state index contributed by atoms with van der Waals surface area (Å²) in [5.41, 5.74) is 2.14. The largest absolute Gasteiger partial charge is 0.353 e. The maximum Gasteiger partial charge on any atom is 0.328 e. The molecular weight excluding hydrogens is 516 g/mol. The number of nitrogens with one attached hydrogen (secondary N) is 3. The summed E-state index contributed by atoms with van der Waals surface area (Å²) in [5, 5.41) is 8.65. The van der Waals surface area contributed by atoms with E-state index in [1.54, 1.807) is 36.4 Å². The van der Waals surface area contributed by atoms with Gasteiger partial charge in [0.1, 0.15) is 17.3 Å². The summed E-state index contributed by atoms with van der Waals surface area (Å²) in [6.07, 6.45) is 0. The van der Waals surface area contributed by atoms with E-state index >= 15 is 0 Å². The lowest BCUT2D eigenvalue weighted by atomic mass is 10.0. The average Bonchev–Trinajstić information content (AvgIpc) is 2.94. The zero-order valence-electron chi connectivity index (χ0n) is 21.9. The van der Waals surface area contributed by atoms with Crippen molar-refractivity contribution in [3.63, 3.8) is 0 Å². The number of nitrogens with zero attached hydrogens (tertiary/aromatic N) is 4. The van der Waals surface area contributed by atoms with E-state index in [-0.39, 0.29) is 24.2 Å². The predicted octanol–water partition coefficient (Wildman–Crippen LogP) is 5.01. The number of halogens is 2. The Morgan fingerprint density at radius 1 is 0.975 bits per heavy atom. The van der Waals surface area contributed by atoms with Gasteiger partial charge in [-0.05, 0) is 50.5 Å². The van der Waals surface area contributed by atoms with Crippen LogP contribution in [-0.4, -0.2) is 54.0 Å². The summed E-state index contributed by atoms with van der Waals surface area (Å²) in [6, 6.07) is 18.6. The van der Waals surface area contributed by atoms with Crippen LogP contribution in [0.1, 0.15) is 15.9 Å². The van der Waals surface area contributed by atoms with Crippen molar-refractivity contribution >= 4 is 35.1 Å². The SMILES string of the molecule is CN(C)CCNc1nc(-c2ccc(C(=O)Nc3ccccc3)cc2)c2c(n1)N(c1c(F)cccc1F)C(=O)NC2. The summed E-state index contributed by atoms with van der Waals surface area (Å²) in [6.45, 7) is 1.21. The van der Waals surface area contributed by atoms with Crippen molar-refractivity contribution in [1.29, 1.82) is 0 Å². The number of carbonyl (C=O) groups excluding carboxylic acids is 2. The topological polar surface area (TPSA) is 102 Å². The van der Waals surface area contributed by atoms with Gasteiger partial charge in [-0.2, -0.15) is 4.98 Å². The second-order valence-corrected chi connectivity index (χ2v) is 9.39. The van der Waals surface area contributed by atoms with Crippen molar-refractivity contribution in [2.75, 3.05) is 42.7 Å². The standard InChI is InChI=1S/C29H27F2N7O2/c1-37(2)16-15-32-28-35-24(18-11-13-19(14-12-18)27(39)34-20-7-4-3-5-8-20)21-17-33-29(40)38(26(21)36-28)25-22(30)9-6-10-23(25)31/h3-14H,15-17H2,1-2H3,(H,33,40)(H,34,39)(H,32,35,36). The normalized spacial score (nSPS) is 12.6. The molecule has 40 heavy (non-hydrogen) atoms. The zero-order valence-corrected chi connectivity index (χ0v) is 21.9. The van der Waals surface area contributed by atoms with Crippen LogP contribution in [0.25, 0.3) is 11.3 Å². The minimum Gasteiger partial charge on any atom is -0.353 e. The molecule has 0 radical (unpaired) electrons. The molecule has 0 atom stereocenters. The fraction of sp³-hybridized carbons (Fsp3) is 0.172. The number of hydrogen-bond acceptors (Lipinski definition) is 6. The van der Waals surface area contributed by atoms with E-state index in [1.165, 1.54) is 6.07 Å². The Bertz CT molecular complexity index is 1530. The minimum absolute atomic E-state index is 0.0459. The van der Waals surface area contributed by atoms with Gasteiger partial charge in [-0.15, -0.1) is 0 Å². The van der Waals surface area contributed by atoms with Crippen LogP contribution >= 0.6 is 0 Å². The number of aromatic nitrogens is 2. The van der Waals surface area contributed by atoms with Crippen molar-refractivity contribution in [1.82, 2.24) is 20.2 Å². The first kappa shape index (κ1) is 26.7. The number of likely N-dealkylation sites (N-methyl/N-ethyl adjacent to an activating group) is 1. The van der Waals surface area contributed by atoms with Gasteiger partial charge in [0.2, 0.25) is 5.95 Å². The Labute approximate surface area is 229 Å². The highest BCUT2D eigenvalue weighted by Crippen LogP contribution is 2.38. The molecule has 0 saturated heterocycles. The summed E-state index contributed by atoms with van der Waals surface area (Å²) in [4.78, 5) is 37.8. The van der Waals surface area contributed by atoms with Crippen LogP contribution in [0.5, 0.6) is 0 Å². The molecule has 1 aliphatic heterocycles. The van der Waals surface area contributed by atoms with Crippen LogP contribution in [0.2, 0.25) is 0 Å². The average molecular weight is 544 g/mol. The molecule has 2 heterocycles. The highest BCUT2D eigenvalue weighted by molar-refractivity contribution is 6.05. The molecule has 11 heteroatoms. The summed E-state index contributed by atoms with van der Waals surface area (Å²) >= 11 is 0. The van der Waals surface area contributed by atoms with Gasteiger partial charge in [0.05, 0.1) is 12.2 Å². The first-order chi connectivity index (χ1) is 19.3. The third-order valence-corrected chi connectivity index (χ3v) is 6.27. The summed E-state index contributed by atoms with van der Waals surface area (Å²) in [7, 11) is 3.84. The molecule has 0 saturated carbocycles. The molecule has 1 aromatic heterocycles. The van der Waals surface area contributed by atoms with Gasteiger partial charge in [-0.25, -0.2) is 23.5 Å². The van der Waals surface area contributed by atoms with Gasteiger partial charge in [0.15, 0.2) is 5.82 Å². The number of urea groups is 1. The fourth-order valence-corrected chi connectivity index (χ4v) is 4.28. The zero-order chi connectivity index (χ0) is 28.2. The number of amides is 3. The molecule has 0 unspecified atom stereocenters. The van der Waals surface area contributed by atoms with Crippen LogP contribution in [0.3, 0.4) is 0 Å². The highest BCUT2D eigenvalue weighted by atomic mass is 19.1. The van der Waals surface area contributed by atoms with E-state index in [1.807, 2.05) is 37.2 Å². The van der Waals surface area contributed by atoms with Gasteiger partial charge in [-0.3, -0.25) is 4.79 Å². The third-order valence-electron chi connectivity index (χ3n) is 6.27. The molecule has 0 aliphatic carbocycles. The molecule has 0 bridgehead atoms. The number of hydrogen-bond donors (Lipinski definition) is 3. The van der Waals surface area contributed by atoms with Crippen molar-refractivity contribution in [2.45, 2.75) is 6.54 Å². The van der Waals surface area contributed by atoms with E-state index in [9.17, 15) is 18.4 Å². The third kappa shape index (κ3) is 5.59. The molecule has 3 N–H and O–H groups in total. The molecule has 3 aromatic carbocycles. The quantitative estimate of drug-likeness (QED) is 0.289. The van der Waals surface area contributed by atoms with E-state index in [0.29, 0.717) is 41.2 Å². The number of para-hydroxylation sites is 2. The maximum atomic E-state index is 14.8. The lowest BCUT2D eigenvalue weighted by molar-refractivity contribution is 0.102. The lowest BCUT2D eigenvalue weighted by Gasteiger charge is -2.30. The van der Waals surface area contributed by atoms with Crippen molar-refractivity contribution < 1.29 is 18.4 Å². The monoisotopic (exact) mass is 543 g/mol. The second-order valence-electron chi connectivity index (χ2n) is 9.39. The minimum atomic E-state index is -0.904. The molecule has 5 rings (SSSR count). The Morgan fingerprint density at radius 2 is 1.68 bits per heavy atom. The Morgan fingerprint density at radius 3 is 2.35 bits per heavy atom. The first-order valence-electron chi connectivity index (χ1n) is 12.6. The van der Waals surface area contributed by atoms with Gasteiger partial charge >= 0.3 is 6.03 Å². The Hall–Kier alpha value is -4.90. The van der Waals surface area contributed by atoms with E-state index in [4.69, 9.17) is 0 Å². The van der Waals surface area contributed by atoms with Gasteiger partial charge in [0.25, 0.3) is 5.91 Å². The highest BCUT2D eigenvalue weighted by Gasteiger charge is 2.34. The van der Waals surface area contributed by atoms with E-state index in [2.05, 4.69) is 25.9 Å². The number of rotatable bonds is 8. The van der Waals surface area contributed by atoms with Crippen LogP contribution in [0, 0.1) is 11.6 Å². The van der Waals surface area contributed by atoms with Gasteiger partial charge < -0.3 is 20.9 Å². The van der Waals surface area contributed by atoms with Crippen molar-refractivity contribution in [3.05, 3.63) is 95.6 Å². The fourth-order valence-electron chi connectivity index (χ4n) is 4.28. The smallest absolute Gasteiger partial charge is 0.328 e. The van der Waals surface area contributed by atoms with Crippen molar-refractivity contribution in [2.24, 2.45) is 0 Å². The molecule has 1 aliphatic rings. The predicted molar refractivity (Wildman–Crippen MR) is 150 cm³/mol. The number of anilines is 4. The molecular formula is C29H27F2N7O2. The number of fused-ring (bicyclic) bond motifs is 1. The molecule has 0 spiro atoms. The molecule has 3 amide bonds.